The second-order valence-corrected chi connectivity index (χ2v) is 5.38. The van der Waals surface area contributed by atoms with Crippen molar-refractivity contribution in [2.75, 3.05) is 18.2 Å². The summed E-state index contributed by atoms with van der Waals surface area (Å²) >= 11 is 0. The molecule has 1 saturated heterocycles. The molecule has 2 aromatic carbocycles. The van der Waals surface area contributed by atoms with Crippen LogP contribution < -0.4 is 19.9 Å². The molecule has 120 valence electrons. The molecule has 2 aliphatic rings. The van der Waals surface area contributed by atoms with Crippen molar-refractivity contribution >= 4 is 23.6 Å². The molecule has 1 fully saturated rings. The Morgan fingerprint density at radius 1 is 0.958 bits per heavy atom. The molecular formula is C18H14N2O4. The Hall–Kier alpha value is -3.28. The van der Waals surface area contributed by atoms with E-state index >= 15 is 0 Å². The summed E-state index contributed by atoms with van der Waals surface area (Å²) < 4.78 is 11.0. The second kappa shape index (κ2) is 5.73. The molecule has 2 heterocycles. The lowest BCUT2D eigenvalue weighted by molar-refractivity contribution is -0.117. The molecule has 6 nitrogen and oxygen atoms in total. The van der Waals surface area contributed by atoms with Crippen LogP contribution in [0.4, 0.5) is 5.69 Å². The molecule has 0 radical (unpaired) electrons. The summed E-state index contributed by atoms with van der Waals surface area (Å²) in [4.78, 5) is 24.7. The SMILES string of the molecule is O=C1NN(c2ccccc2)C(=O)C1=Cc1ccc2c(c1)OCCO2. The summed E-state index contributed by atoms with van der Waals surface area (Å²) in [6.07, 6.45) is 1.55. The number of anilines is 1. The van der Waals surface area contributed by atoms with E-state index in [1.807, 2.05) is 6.07 Å². The van der Waals surface area contributed by atoms with Crippen molar-refractivity contribution in [3.63, 3.8) is 0 Å². The van der Waals surface area contributed by atoms with E-state index in [2.05, 4.69) is 5.43 Å². The number of rotatable bonds is 2. The number of ether oxygens (including phenoxy) is 2. The molecule has 2 amide bonds. The fourth-order valence-corrected chi connectivity index (χ4v) is 2.63. The molecule has 0 aliphatic carbocycles. The topological polar surface area (TPSA) is 67.9 Å². The minimum atomic E-state index is -0.432. The van der Waals surface area contributed by atoms with Crippen molar-refractivity contribution < 1.29 is 19.1 Å². The summed E-state index contributed by atoms with van der Waals surface area (Å²) in [5, 5.41) is 1.24. The molecule has 2 aliphatic heterocycles. The van der Waals surface area contributed by atoms with Crippen molar-refractivity contribution in [2.45, 2.75) is 0 Å². The van der Waals surface area contributed by atoms with Crippen LogP contribution in [-0.2, 0) is 9.59 Å². The zero-order valence-electron chi connectivity index (χ0n) is 12.7. The smallest absolute Gasteiger partial charge is 0.282 e. The van der Waals surface area contributed by atoms with Crippen molar-refractivity contribution in [3.05, 3.63) is 59.7 Å². The van der Waals surface area contributed by atoms with Gasteiger partial charge in [-0.3, -0.25) is 15.0 Å². The van der Waals surface area contributed by atoms with E-state index in [1.54, 1.807) is 48.5 Å². The van der Waals surface area contributed by atoms with Crippen LogP contribution in [0.2, 0.25) is 0 Å². The summed E-state index contributed by atoms with van der Waals surface area (Å²) in [7, 11) is 0. The van der Waals surface area contributed by atoms with Crippen LogP contribution in [0.15, 0.2) is 54.1 Å². The van der Waals surface area contributed by atoms with Crippen molar-refractivity contribution in [1.82, 2.24) is 5.43 Å². The quantitative estimate of drug-likeness (QED) is 0.677. The number of amides is 2. The minimum absolute atomic E-state index is 0.0792. The van der Waals surface area contributed by atoms with Gasteiger partial charge in [-0.15, -0.1) is 0 Å². The van der Waals surface area contributed by atoms with E-state index in [1.165, 1.54) is 5.01 Å². The molecule has 0 atom stereocenters. The van der Waals surface area contributed by atoms with Crippen molar-refractivity contribution in [2.24, 2.45) is 0 Å². The highest BCUT2D eigenvalue weighted by Crippen LogP contribution is 2.32. The van der Waals surface area contributed by atoms with Crippen LogP contribution in [0.3, 0.4) is 0 Å². The van der Waals surface area contributed by atoms with Crippen LogP contribution in [0, 0.1) is 0 Å². The maximum Gasteiger partial charge on any atom is 0.282 e. The summed E-state index contributed by atoms with van der Waals surface area (Å²) in [6.45, 7) is 0.995. The molecule has 6 heteroatoms. The molecule has 0 bridgehead atoms. The van der Waals surface area contributed by atoms with Gasteiger partial charge >= 0.3 is 0 Å². The summed E-state index contributed by atoms with van der Waals surface area (Å²) in [5.41, 5.74) is 3.97. The number of hydrogen-bond donors (Lipinski definition) is 1. The lowest BCUT2D eigenvalue weighted by atomic mass is 10.1. The summed E-state index contributed by atoms with van der Waals surface area (Å²) in [6, 6.07) is 14.3. The third-order valence-electron chi connectivity index (χ3n) is 3.78. The van der Waals surface area contributed by atoms with Gasteiger partial charge in [0.05, 0.1) is 5.69 Å². The van der Waals surface area contributed by atoms with E-state index in [9.17, 15) is 9.59 Å². The first-order chi connectivity index (χ1) is 11.7. The van der Waals surface area contributed by atoms with E-state index < -0.39 is 5.91 Å². The van der Waals surface area contributed by atoms with Crippen molar-refractivity contribution in [1.29, 1.82) is 0 Å². The Kier molecular flexibility index (Phi) is 3.42. The number of para-hydroxylation sites is 1. The van der Waals surface area contributed by atoms with E-state index in [0.29, 0.717) is 36.0 Å². The number of carbonyl (C=O) groups is 2. The monoisotopic (exact) mass is 322 g/mol. The van der Waals surface area contributed by atoms with Crippen LogP contribution in [0.25, 0.3) is 6.08 Å². The predicted molar refractivity (Wildman–Crippen MR) is 87.5 cm³/mol. The highest BCUT2D eigenvalue weighted by Gasteiger charge is 2.34. The molecule has 24 heavy (non-hydrogen) atoms. The standard InChI is InChI=1S/C18H14N2O4/c21-17-14(18(22)20(19-17)13-4-2-1-3-5-13)10-12-6-7-15-16(11-12)24-9-8-23-15/h1-7,10-11H,8-9H2,(H,19,21). The molecule has 4 rings (SSSR count). The number of carbonyl (C=O) groups excluding carboxylic acids is 2. The highest BCUT2D eigenvalue weighted by molar-refractivity contribution is 6.31. The van der Waals surface area contributed by atoms with Gasteiger partial charge in [0.2, 0.25) is 0 Å². The lowest BCUT2D eigenvalue weighted by Gasteiger charge is -2.18. The number of nitrogens with zero attached hydrogens (tertiary/aromatic N) is 1. The molecule has 0 saturated carbocycles. The van der Waals surface area contributed by atoms with Gasteiger partial charge in [0.15, 0.2) is 11.5 Å². The van der Waals surface area contributed by atoms with Crippen LogP contribution in [0.1, 0.15) is 5.56 Å². The zero-order chi connectivity index (χ0) is 16.5. The van der Waals surface area contributed by atoms with Gasteiger partial charge in [0, 0.05) is 0 Å². The van der Waals surface area contributed by atoms with Gasteiger partial charge < -0.3 is 9.47 Å². The largest absolute Gasteiger partial charge is 0.486 e. The minimum Gasteiger partial charge on any atom is -0.486 e. The number of hydrazine groups is 1. The third kappa shape index (κ3) is 2.48. The number of fused-ring (bicyclic) bond motifs is 1. The van der Waals surface area contributed by atoms with E-state index in [0.717, 1.165) is 0 Å². The Balaban J connectivity index is 1.65. The maximum absolute atomic E-state index is 12.5. The Morgan fingerprint density at radius 3 is 2.50 bits per heavy atom. The Labute approximate surface area is 138 Å². The first kappa shape index (κ1) is 14.3. The number of hydrogen-bond acceptors (Lipinski definition) is 4. The number of nitrogens with one attached hydrogen (secondary N) is 1. The maximum atomic E-state index is 12.5. The van der Waals surface area contributed by atoms with Gasteiger partial charge in [0.1, 0.15) is 18.8 Å². The van der Waals surface area contributed by atoms with Crippen molar-refractivity contribution in [3.8, 4) is 11.5 Å². The van der Waals surface area contributed by atoms with Gasteiger partial charge in [-0.1, -0.05) is 24.3 Å². The Bertz CT molecular complexity index is 845. The van der Waals surface area contributed by atoms with Gasteiger partial charge in [0.25, 0.3) is 11.8 Å². The third-order valence-corrected chi connectivity index (χ3v) is 3.78. The lowest BCUT2D eigenvalue weighted by Crippen LogP contribution is -2.35. The first-order valence-electron chi connectivity index (χ1n) is 7.54. The van der Waals surface area contributed by atoms with Crippen LogP contribution in [0.5, 0.6) is 11.5 Å². The number of benzene rings is 2. The fourth-order valence-electron chi connectivity index (χ4n) is 2.63. The van der Waals surface area contributed by atoms with Crippen LogP contribution >= 0.6 is 0 Å². The van der Waals surface area contributed by atoms with Gasteiger partial charge in [-0.05, 0) is 35.9 Å². The van der Waals surface area contributed by atoms with E-state index in [-0.39, 0.29) is 11.5 Å². The van der Waals surface area contributed by atoms with Gasteiger partial charge in [-0.2, -0.15) is 0 Å². The zero-order valence-corrected chi connectivity index (χ0v) is 12.7. The molecule has 0 unspecified atom stereocenters. The molecular weight excluding hydrogens is 308 g/mol. The normalized spacial score (nSPS) is 18.0. The van der Waals surface area contributed by atoms with E-state index in [4.69, 9.17) is 9.47 Å². The second-order valence-electron chi connectivity index (χ2n) is 5.38. The average molecular weight is 322 g/mol. The molecule has 0 spiro atoms. The fraction of sp³-hybridized carbons (Fsp3) is 0.111. The highest BCUT2D eigenvalue weighted by atomic mass is 16.6. The summed E-state index contributed by atoms with van der Waals surface area (Å²) in [5.74, 6) is 0.456. The molecule has 2 aromatic rings. The average Bonchev–Trinajstić information content (AvgIpc) is 2.90. The predicted octanol–water partition coefficient (Wildman–Crippen LogP) is 1.92. The molecule has 0 aromatic heterocycles. The van der Waals surface area contributed by atoms with Gasteiger partial charge in [-0.25, -0.2) is 5.01 Å². The Morgan fingerprint density at radius 2 is 1.71 bits per heavy atom. The van der Waals surface area contributed by atoms with Crippen LogP contribution in [-0.4, -0.2) is 25.0 Å². The molecule has 1 N–H and O–H groups in total. The first-order valence-corrected chi connectivity index (χ1v) is 7.54.